The summed E-state index contributed by atoms with van der Waals surface area (Å²) in [7, 11) is -3.69. The van der Waals surface area contributed by atoms with Gasteiger partial charge in [-0.25, -0.2) is 8.42 Å². The first-order valence-corrected chi connectivity index (χ1v) is 12.4. The topological polar surface area (TPSA) is 69.7 Å². The van der Waals surface area contributed by atoms with Crippen molar-refractivity contribution in [2.45, 2.75) is 56.9 Å². The molecule has 0 radical (unpaired) electrons. The molecule has 0 bridgehead atoms. The van der Waals surface area contributed by atoms with Crippen molar-refractivity contribution >= 4 is 27.5 Å². The second-order valence-electron chi connectivity index (χ2n) is 8.49. The van der Waals surface area contributed by atoms with Crippen molar-refractivity contribution in [3.63, 3.8) is 0 Å². The fraction of sp³-hybridized carbons (Fsp3) is 0.667. The highest BCUT2D eigenvalue weighted by molar-refractivity contribution is 7.89. The number of hydrogen-bond donors (Lipinski definition) is 1. The predicted molar refractivity (Wildman–Crippen MR) is 116 cm³/mol. The third kappa shape index (κ3) is 5.72. The zero-order chi connectivity index (χ0) is 21.0. The van der Waals surface area contributed by atoms with Gasteiger partial charge in [0.25, 0.3) is 5.91 Å². The average molecular weight is 442 g/mol. The largest absolute Gasteiger partial charge is 0.348 e. The smallest absolute Gasteiger partial charge is 0.251 e. The molecule has 29 heavy (non-hydrogen) atoms. The van der Waals surface area contributed by atoms with E-state index in [1.165, 1.54) is 29.3 Å². The number of carbonyl (C=O) groups is 1. The molecule has 2 unspecified atom stereocenters. The quantitative estimate of drug-likeness (QED) is 0.734. The fourth-order valence-corrected chi connectivity index (χ4v) is 6.30. The van der Waals surface area contributed by atoms with Crippen LogP contribution in [-0.2, 0) is 10.0 Å². The summed E-state index contributed by atoms with van der Waals surface area (Å²) in [6, 6.07) is 4.48. The second kappa shape index (κ2) is 9.77. The molecule has 1 aromatic carbocycles. The van der Waals surface area contributed by atoms with Crippen LogP contribution in [-0.4, -0.2) is 62.3 Å². The van der Waals surface area contributed by atoms with Gasteiger partial charge in [-0.1, -0.05) is 24.9 Å². The highest BCUT2D eigenvalue weighted by Crippen LogP contribution is 2.28. The zero-order valence-corrected chi connectivity index (χ0v) is 18.9. The van der Waals surface area contributed by atoms with Gasteiger partial charge in [-0.2, -0.15) is 4.31 Å². The number of sulfonamides is 1. The van der Waals surface area contributed by atoms with E-state index in [2.05, 4.69) is 17.1 Å². The molecule has 2 saturated heterocycles. The number of likely N-dealkylation sites (tertiary alicyclic amines) is 1. The van der Waals surface area contributed by atoms with Crippen molar-refractivity contribution in [1.82, 2.24) is 14.5 Å². The Morgan fingerprint density at radius 3 is 2.62 bits per heavy atom. The summed E-state index contributed by atoms with van der Waals surface area (Å²) in [5.74, 6) is 0.416. The number of piperidine rings is 2. The Kier molecular flexibility index (Phi) is 7.59. The van der Waals surface area contributed by atoms with E-state index in [0.29, 0.717) is 24.6 Å². The summed E-state index contributed by atoms with van der Waals surface area (Å²) in [5, 5.41) is 3.16. The monoisotopic (exact) mass is 441 g/mol. The molecule has 0 aromatic heterocycles. The van der Waals surface area contributed by atoms with Crippen LogP contribution < -0.4 is 5.32 Å². The van der Waals surface area contributed by atoms with Gasteiger partial charge in [0.1, 0.15) is 4.90 Å². The van der Waals surface area contributed by atoms with Crippen LogP contribution in [0.5, 0.6) is 0 Å². The normalized spacial score (nSPS) is 22.9. The van der Waals surface area contributed by atoms with Gasteiger partial charge in [0.15, 0.2) is 0 Å². The molecule has 0 spiro atoms. The van der Waals surface area contributed by atoms with Crippen LogP contribution in [0.2, 0.25) is 5.02 Å². The maximum atomic E-state index is 13.0. The van der Waals surface area contributed by atoms with Gasteiger partial charge < -0.3 is 10.2 Å². The van der Waals surface area contributed by atoms with Gasteiger partial charge >= 0.3 is 0 Å². The standard InChI is InChI=1S/C21H32ClN3O3S/c1-16-7-6-10-24(14-16)15-17(2)23-21(26)18-8-9-19(22)20(13-18)29(27,28)25-11-4-3-5-12-25/h8-9,13,16-17H,3-7,10-12,14-15H2,1-2H3,(H,23,26). The fourth-order valence-electron chi connectivity index (χ4n) is 4.28. The number of halogens is 1. The first-order chi connectivity index (χ1) is 13.8. The summed E-state index contributed by atoms with van der Waals surface area (Å²) in [5.41, 5.74) is 0.323. The Balaban J connectivity index is 1.68. The van der Waals surface area contributed by atoms with Crippen LogP contribution in [0.1, 0.15) is 56.3 Å². The summed E-state index contributed by atoms with van der Waals surface area (Å²) in [4.78, 5) is 15.1. The van der Waals surface area contributed by atoms with E-state index in [1.807, 2.05) is 6.92 Å². The number of nitrogens with one attached hydrogen (secondary N) is 1. The molecule has 6 nitrogen and oxygen atoms in total. The summed E-state index contributed by atoms with van der Waals surface area (Å²) >= 11 is 6.21. The molecule has 0 saturated carbocycles. The molecule has 2 fully saturated rings. The predicted octanol–water partition coefficient (Wildman–Crippen LogP) is 3.36. The number of benzene rings is 1. The molecule has 1 amide bonds. The van der Waals surface area contributed by atoms with Gasteiger partial charge in [0, 0.05) is 37.8 Å². The molecule has 0 aliphatic carbocycles. The summed E-state index contributed by atoms with van der Waals surface area (Å²) < 4.78 is 27.5. The molecule has 1 aromatic rings. The SMILES string of the molecule is CC1CCCN(CC(C)NC(=O)c2ccc(Cl)c(S(=O)(=O)N3CCCCC3)c2)C1. The Morgan fingerprint density at radius 1 is 1.21 bits per heavy atom. The van der Waals surface area contributed by atoms with Gasteiger partial charge in [0.2, 0.25) is 10.0 Å². The van der Waals surface area contributed by atoms with E-state index in [9.17, 15) is 13.2 Å². The van der Waals surface area contributed by atoms with Crippen LogP contribution in [0, 0.1) is 5.92 Å². The van der Waals surface area contributed by atoms with Crippen LogP contribution in [0.25, 0.3) is 0 Å². The molecule has 8 heteroatoms. The lowest BCUT2D eigenvalue weighted by Crippen LogP contribution is -2.45. The number of rotatable bonds is 6. The highest BCUT2D eigenvalue weighted by atomic mass is 35.5. The number of amides is 1. The number of carbonyl (C=O) groups excluding carboxylic acids is 1. The van der Waals surface area contributed by atoms with Crippen molar-refractivity contribution in [2.24, 2.45) is 5.92 Å². The highest BCUT2D eigenvalue weighted by Gasteiger charge is 2.29. The minimum absolute atomic E-state index is 0.0197. The lowest BCUT2D eigenvalue weighted by Gasteiger charge is -2.32. The molecular formula is C21H32ClN3O3S. The van der Waals surface area contributed by atoms with Crippen molar-refractivity contribution in [1.29, 1.82) is 0 Å². The Bertz CT molecular complexity index is 824. The maximum absolute atomic E-state index is 13.0. The number of hydrogen-bond acceptors (Lipinski definition) is 4. The molecule has 2 aliphatic rings. The molecule has 162 valence electrons. The number of nitrogens with zero attached hydrogens (tertiary/aromatic N) is 2. The average Bonchev–Trinajstić information content (AvgIpc) is 2.68. The molecule has 1 N–H and O–H groups in total. The molecule has 2 heterocycles. The minimum atomic E-state index is -3.69. The van der Waals surface area contributed by atoms with Crippen molar-refractivity contribution in [2.75, 3.05) is 32.7 Å². The molecular weight excluding hydrogens is 410 g/mol. The third-order valence-corrected chi connectivity index (χ3v) is 8.16. The van der Waals surface area contributed by atoms with Gasteiger partial charge in [-0.3, -0.25) is 4.79 Å². The van der Waals surface area contributed by atoms with E-state index in [4.69, 9.17) is 11.6 Å². The Labute approximate surface area is 179 Å². The van der Waals surface area contributed by atoms with Crippen molar-refractivity contribution < 1.29 is 13.2 Å². The lowest BCUT2D eigenvalue weighted by molar-refractivity contribution is 0.0920. The van der Waals surface area contributed by atoms with Crippen molar-refractivity contribution in [3.8, 4) is 0 Å². The Hall–Kier alpha value is -1.15. The van der Waals surface area contributed by atoms with Crippen LogP contribution in [0.3, 0.4) is 0 Å². The van der Waals surface area contributed by atoms with Crippen molar-refractivity contribution in [3.05, 3.63) is 28.8 Å². The zero-order valence-electron chi connectivity index (χ0n) is 17.4. The molecule has 2 atom stereocenters. The van der Waals surface area contributed by atoms with E-state index < -0.39 is 10.0 Å². The summed E-state index contributed by atoms with van der Waals surface area (Å²) in [6.45, 7) is 8.15. The molecule has 2 aliphatic heterocycles. The van der Waals surface area contributed by atoms with E-state index in [0.717, 1.165) is 38.9 Å². The van der Waals surface area contributed by atoms with Gasteiger partial charge in [-0.05, 0) is 63.3 Å². The van der Waals surface area contributed by atoms with E-state index in [-0.39, 0.29) is 21.9 Å². The van der Waals surface area contributed by atoms with E-state index >= 15 is 0 Å². The first kappa shape index (κ1) is 22.5. The first-order valence-electron chi connectivity index (χ1n) is 10.6. The van der Waals surface area contributed by atoms with Gasteiger partial charge in [0.05, 0.1) is 5.02 Å². The third-order valence-electron chi connectivity index (χ3n) is 5.78. The molecule has 3 rings (SSSR count). The van der Waals surface area contributed by atoms with Crippen LogP contribution in [0.15, 0.2) is 23.1 Å². The van der Waals surface area contributed by atoms with E-state index in [1.54, 1.807) is 6.07 Å². The van der Waals surface area contributed by atoms with Crippen LogP contribution >= 0.6 is 11.6 Å². The van der Waals surface area contributed by atoms with Gasteiger partial charge in [-0.15, -0.1) is 0 Å². The minimum Gasteiger partial charge on any atom is -0.348 e. The van der Waals surface area contributed by atoms with Crippen LogP contribution in [0.4, 0.5) is 0 Å². The maximum Gasteiger partial charge on any atom is 0.251 e. The second-order valence-corrected chi connectivity index (χ2v) is 10.8. The lowest BCUT2D eigenvalue weighted by atomic mass is 10.00. The Morgan fingerprint density at radius 2 is 1.93 bits per heavy atom. The summed E-state index contributed by atoms with van der Waals surface area (Å²) in [6.07, 6.45) is 5.19.